The number of benzene rings is 1. The van der Waals surface area contributed by atoms with E-state index in [-0.39, 0.29) is 66.2 Å². The van der Waals surface area contributed by atoms with E-state index in [9.17, 15) is 14.4 Å². The normalized spacial score (nSPS) is 28.3. The molecule has 3 unspecified atom stereocenters. The van der Waals surface area contributed by atoms with Crippen LogP contribution in [0.2, 0.25) is 0 Å². The fourth-order valence-corrected chi connectivity index (χ4v) is 6.70. The number of methoxy groups -OCH3 is 1. The van der Waals surface area contributed by atoms with E-state index in [0.29, 0.717) is 65.4 Å². The van der Waals surface area contributed by atoms with Gasteiger partial charge in [-0.1, -0.05) is 42.0 Å². The maximum Gasteiger partial charge on any atom is 0.306 e. The van der Waals surface area contributed by atoms with Crippen molar-refractivity contribution in [3.63, 3.8) is 0 Å². The lowest BCUT2D eigenvalue weighted by atomic mass is 9.68. The second kappa shape index (κ2) is 18.2. The van der Waals surface area contributed by atoms with Crippen LogP contribution in [0.15, 0.2) is 42.0 Å². The molecule has 3 fully saturated rings. The lowest BCUT2D eigenvalue weighted by molar-refractivity contribution is -0.172. The van der Waals surface area contributed by atoms with Crippen molar-refractivity contribution in [2.75, 3.05) is 53.2 Å². The number of allylic oxidation sites excluding steroid dienone is 1. The van der Waals surface area contributed by atoms with Gasteiger partial charge in [0.1, 0.15) is 29.7 Å². The molecule has 2 aliphatic heterocycles. The van der Waals surface area contributed by atoms with Crippen molar-refractivity contribution in [1.29, 1.82) is 0 Å². The molecule has 0 aromatic heterocycles. The molecule has 1 aliphatic carbocycles. The van der Waals surface area contributed by atoms with Crippen LogP contribution in [0.4, 0.5) is 0 Å². The number of nitrogens with one attached hydrogen (secondary N) is 2. The summed E-state index contributed by atoms with van der Waals surface area (Å²) in [7, 11) is 1.68. The van der Waals surface area contributed by atoms with Crippen LogP contribution in [0.25, 0.3) is 0 Å². The highest BCUT2D eigenvalue weighted by Crippen LogP contribution is 2.59. The van der Waals surface area contributed by atoms with Crippen LogP contribution in [-0.2, 0) is 49.2 Å². The van der Waals surface area contributed by atoms with Gasteiger partial charge < -0.3 is 43.8 Å². The third kappa shape index (κ3) is 11.2. The largest absolute Gasteiger partial charge is 0.460 e. The van der Waals surface area contributed by atoms with E-state index in [2.05, 4.69) is 37.5 Å². The molecule has 262 valence electrons. The molecule has 0 bridgehead atoms. The van der Waals surface area contributed by atoms with E-state index < -0.39 is 0 Å². The summed E-state index contributed by atoms with van der Waals surface area (Å²) in [6, 6.07) is 9.44. The fraction of sp³-hybridized carbons (Fsp3) is 0.694. The number of esters is 1. The molecule has 1 spiro atoms. The number of carbonyl (C=O) groups is 3. The lowest BCUT2D eigenvalue weighted by Gasteiger charge is -2.42. The molecule has 11 nitrogen and oxygen atoms in total. The molecule has 3 aliphatic rings. The van der Waals surface area contributed by atoms with E-state index in [1.165, 1.54) is 5.57 Å². The molecule has 1 aromatic rings. The van der Waals surface area contributed by atoms with Crippen molar-refractivity contribution in [3.8, 4) is 0 Å². The number of aldehydes is 1. The van der Waals surface area contributed by atoms with E-state index in [1.807, 2.05) is 30.3 Å². The number of epoxide rings is 2. The molecule has 47 heavy (non-hydrogen) atoms. The Hall–Kier alpha value is -2.67. The SMILES string of the molecule is COC1C(OC(=O)CCCOCCOCCNC(=O)CCN[C@H](C=O)Cc2ccccc2)CC[C@]2(CO2)C1[C@@]1(C)O[C@@H]1CC=C(C)C. The summed E-state index contributed by atoms with van der Waals surface area (Å²) in [4.78, 5) is 36.1. The molecule has 1 saturated carbocycles. The Morgan fingerprint density at radius 1 is 1.06 bits per heavy atom. The van der Waals surface area contributed by atoms with Crippen LogP contribution in [0.5, 0.6) is 0 Å². The van der Waals surface area contributed by atoms with Gasteiger partial charge in [-0.2, -0.15) is 0 Å². The number of ether oxygens (including phenoxy) is 6. The summed E-state index contributed by atoms with van der Waals surface area (Å²) in [6.07, 6.45) is 6.62. The zero-order chi connectivity index (χ0) is 33.7. The molecule has 11 heteroatoms. The highest BCUT2D eigenvalue weighted by Gasteiger charge is 2.72. The molecule has 2 N–H and O–H groups in total. The Morgan fingerprint density at radius 3 is 2.49 bits per heavy atom. The van der Waals surface area contributed by atoms with Crippen molar-refractivity contribution in [1.82, 2.24) is 10.6 Å². The summed E-state index contributed by atoms with van der Waals surface area (Å²) < 4.78 is 35.3. The van der Waals surface area contributed by atoms with Crippen LogP contribution in [0.3, 0.4) is 0 Å². The predicted octanol–water partition coefficient (Wildman–Crippen LogP) is 3.33. The maximum atomic E-state index is 12.7. The van der Waals surface area contributed by atoms with Crippen molar-refractivity contribution in [3.05, 3.63) is 47.5 Å². The van der Waals surface area contributed by atoms with Gasteiger partial charge in [0.2, 0.25) is 5.91 Å². The first kappa shape index (κ1) is 37.2. The average molecular weight is 659 g/mol. The van der Waals surface area contributed by atoms with Crippen LogP contribution in [0, 0.1) is 5.92 Å². The van der Waals surface area contributed by atoms with E-state index >= 15 is 0 Å². The second-order valence-corrected chi connectivity index (χ2v) is 13.2. The molecule has 1 aromatic carbocycles. The Morgan fingerprint density at radius 2 is 1.81 bits per heavy atom. The zero-order valence-corrected chi connectivity index (χ0v) is 28.5. The third-order valence-corrected chi connectivity index (χ3v) is 9.35. The molecule has 1 amide bonds. The molecule has 2 heterocycles. The number of hydrogen-bond acceptors (Lipinski definition) is 10. The van der Waals surface area contributed by atoms with Crippen LogP contribution in [0.1, 0.15) is 64.9 Å². The minimum Gasteiger partial charge on any atom is -0.460 e. The summed E-state index contributed by atoms with van der Waals surface area (Å²) >= 11 is 0. The van der Waals surface area contributed by atoms with Gasteiger partial charge in [0, 0.05) is 39.6 Å². The molecule has 0 radical (unpaired) electrons. The zero-order valence-electron chi connectivity index (χ0n) is 28.5. The monoisotopic (exact) mass is 658 g/mol. The second-order valence-electron chi connectivity index (χ2n) is 13.2. The van der Waals surface area contributed by atoms with Crippen molar-refractivity contribution in [2.45, 2.75) is 101 Å². The minimum atomic E-state index is -0.363. The van der Waals surface area contributed by atoms with Gasteiger partial charge in [-0.15, -0.1) is 0 Å². The van der Waals surface area contributed by atoms with E-state index in [1.54, 1.807) is 7.11 Å². The molecule has 4 rings (SSSR count). The van der Waals surface area contributed by atoms with Crippen LogP contribution in [-0.4, -0.2) is 107 Å². The van der Waals surface area contributed by atoms with E-state index in [4.69, 9.17) is 28.4 Å². The average Bonchev–Trinajstić information content (AvgIpc) is 3.98. The lowest BCUT2D eigenvalue weighted by Crippen LogP contribution is -2.55. The van der Waals surface area contributed by atoms with Crippen molar-refractivity contribution < 1.29 is 42.8 Å². The number of rotatable bonds is 22. The topological polar surface area (TPSA) is 137 Å². The molecular weight excluding hydrogens is 604 g/mol. The van der Waals surface area contributed by atoms with Gasteiger partial charge >= 0.3 is 5.97 Å². The Balaban J connectivity index is 1.01. The first-order valence-electron chi connectivity index (χ1n) is 17.0. The van der Waals surface area contributed by atoms with E-state index in [0.717, 1.165) is 24.7 Å². The molecule has 2 saturated heterocycles. The smallest absolute Gasteiger partial charge is 0.306 e. The van der Waals surface area contributed by atoms with Gasteiger partial charge in [-0.3, -0.25) is 9.59 Å². The Labute approximate surface area is 279 Å². The number of amides is 1. The fourth-order valence-electron chi connectivity index (χ4n) is 6.70. The predicted molar refractivity (Wildman–Crippen MR) is 176 cm³/mol. The van der Waals surface area contributed by atoms with Crippen LogP contribution >= 0.6 is 0 Å². The summed E-state index contributed by atoms with van der Waals surface area (Å²) in [5.41, 5.74) is 1.72. The van der Waals surface area contributed by atoms with Gasteiger partial charge in [0.15, 0.2) is 0 Å². The maximum absolute atomic E-state index is 12.7. The minimum absolute atomic E-state index is 0.00196. The van der Waals surface area contributed by atoms with Crippen LogP contribution < -0.4 is 10.6 Å². The van der Waals surface area contributed by atoms with Crippen molar-refractivity contribution in [2.24, 2.45) is 5.92 Å². The molecule has 7 atom stereocenters. The van der Waals surface area contributed by atoms with Crippen molar-refractivity contribution >= 4 is 18.2 Å². The summed E-state index contributed by atoms with van der Waals surface area (Å²) in [6.45, 7) is 9.39. The van der Waals surface area contributed by atoms with Gasteiger partial charge in [-0.05, 0) is 58.4 Å². The van der Waals surface area contributed by atoms with Gasteiger partial charge in [0.25, 0.3) is 0 Å². The third-order valence-electron chi connectivity index (χ3n) is 9.35. The summed E-state index contributed by atoms with van der Waals surface area (Å²) in [5.74, 6) is -0.356. The highest BCUT2D eigenvalue weighted by molar-refractivity contribution is 5.76. The number of carbonyl (C=O) groups excluding carboxylic acids is 3. The highest BCUT2D eigenvalue weighted by atomic mass is 16.6. The van der Waals surface area contributed by atoms with Gasteiger partial charge in [-0.25, -0.2) is 0 Å². The van der Waals surface area contributed by atoms with Gasteiger partial charge in [0.05, 0.1) is 44.5 Å². The Bertz CT molecular complexity index is 1170. The summed E-state index contributed by atoms with van der Waals surface area (Å²) in [5, 5.41) is 5.93. The molecular formula is C36H54N2O9. The first-order valence-corrected chi connectivity index (χ1v) is 17.0. The first-order chi connectivity index (χ1) is 22.7. The standard InChI is InChI=1S/C36H54N2O9/c1-26(2)12-13-30-35(3,47-30)34-33(42-4)29(14-16-36(34)25-45-36)46-32(41)11-8-19-43-21-22-44-20-18-38-31(40)15-17-37-28(24-39)23-27-9-6-5-7-10-27/h5-7,9-10,12,24,28-30,33-34,37H,8,11,13-23,25H2,1-4H3,(H,38,40)/t28-,29?,30+,33?,34?,35-,36-/m0/s1. The Kier molecular flexibility index (Phi) is 14.4. The quantitative estimate of drug-likeness (QED) is 0.0628. The number of hydrogen-bond donors (Lipinski definition) is 2.